The fourth-order valence-electron chi connectivity index (χ4n) is 1.23. The average Bonchev–Trinajstić information content (AvgIpc) is 2.20. The van der Waals surface area contributed by atoms with Gasteiger partial charge >= 0.3 is 5.97 Å². The number of rotatable bonds is 9. The Kier molecular flexibility index (Phi) is 10.3. The molecule has 0 unspecified atom stereocenters. The second-order valence-electron chi connectivity index (χ2n) is 3.64. The number of carbonyl (C=O) groups is 1. The first kappa shape index (κ1) is 13.9. The normalized spacial score (nSPS) is 11.5. The Morgan fingerprint density at radius 2 is 1.67 bits per heavy atom. The number of hydrogen-bond donors (Lipinski definition) is 1. The fraction of sp³-hybridized carbons (Fsp3) is 0.615. The van der Waals surface area contributed by atoms with Crippen LogP contribution in [0.5, 0.6) is 0 Å². The molecule has 0 aromatic heterocycles. The van der Waals surface area contributed by atoms with E-state index in [9.17, 15) is 4.79 Å². The maximum absolute atomic E-state index is 10.2. The molecule has 0 radical (unpaired) electrons. The molecule has 0 spiro atoms. The third-order valence-electron chi connectivity index (χ3n) is 2.12. The lowest BCUT2D eigenvalue weighted by atomic mass is 10.2. The van der Waals surface area contributed by atoms with Crippen molar-refractivity contribution in [1.29, 1.82) is 0 Å². The maximum Gasteiger partial charge on any atom is 0.303 e. The second kappa shape index (κ2) is 11.0. The number of aliphatic carboxylic acids is 1. The van der Waals surface area contributed by atoms with E-state index in [2.05, 4.69) is 19.1 Å². The second-order valence-corrected chi connectivity index (χ2v) is 3.64. The van der Waals surface area contributed by atoms with Crippen molar-refractivity contribution in [2.24, 2.45) is 0 Å². The van der Waals surface area contributed by atoms with Gasteiger partial charge in [0.25, 0.3) is 0 Å². The number of unbranched alkanes of at least 4 members (excludes halogenated alkanes) is 4. The van der Waals surface area contributed by atoms with Crippen LogP contribution in [0.1, 0.15) is 51.9 Å². The van der Waals surface area contributed by atoms with E-state index in [0.29, 0.717) is 0 Å². The van der Waals surface area contributed by atoms with Crippen LogP contribution in [0.4, 0.5) is 0 Å². The molecule has 0 aliphatic heterocycles. The summed E-state index contributed by atoms with van der Waals surface area (Å²) >= 11 is 0. The van der Waals surface area contributed by atoms with Gasteiger partial charge in [-0.15, -0.1) is 0 Å². The van der Waals surface area contributed by atoms with Crippen LogP contribution in [0.3, 0.4) is 0 Å². The van der Waals surface area contributed by atoms with E-state index in [-0.39, 0.29) is 6.42 Å². The number of carboxylic acids is 1. The van der Waals surface area contributed by atoms with Crippen LogP contribution in [0, 0.1) is 0 Å². The Labute approximate surface area is 92.7 Å². The molecule has 0 aromatic rings. The van der Waals surface area contributed by atoms with E-state index in [1.165, 1.54) is 19.3 Å². The number of hydrogen-bond acceptors (Lipinski definition) is 1. The number of carboxylic acid groups (broad SMARTS) is 1. The summed E-state index contributed by atoms with van der Waals surface area (Å²) in [6, 6.07) is 0. The van der Waals surface area contributed by atoms with Crippen LogP contribution in [0.2, 0.25) is 0 Å². The van der Waals surface area contributed by atoms with Gasteiger partial charge in [-0.1, -0.05) is 44.1 Å². The van der Waals surface area contributed by atoms with E-state index in [4.69, 9.17) is 5.11 Å². The van der Waals surface area contributed by atoms with Gasteiger partial charge in [-0.05, 0) is 25.7 Å². The first-order valence-electron chi connectivity index (χ1n) is 5.80. The first-order valence-corrected chi connectivity index (χ1v) is 5.80. The molecule has 0 aromatic carbocycles. The van der Waals surface area contributed by atoms with Crippen LogP contribution in [0.25, 0.3) is 0 Å². The Bertz CT molecular complexity index is 205. The molecule has 0 atom stereocenters. The Hall–Kier alpha value is -1.05. The predicted molar refractivity (Wildman–Crippen MR) is 63.9 cm³/mol. The summed E-state index contributed by atoms with van der Waals surface area (Å²) in [5, 5.41) is 8.40. The highest BCUT2D eigenvalue weighted by atomic mass is 16.4. The topological polar surface area (TPSA) is 37.3 Å². The summed E-state index contributed by atoms with van der Waals surface area (Å²) in [5.74, 6) is -0.710. The lowest BCUT2D eigenvalue weighted by Gasteiger charge is -1.90. The Balaban J connectivity index is 3.25. The van der Waals surface area contributed by atoms with E-state index in [0.717, 1.165) is 19.3 Å². The minimum Gasteiger partial charge on any atom is -0.481 e. The summed E-state index contributed by atoms with van der Waals surface area (Å²) in [7, 11) is 0. The Morgan fingerprint density at radius 3 is 2.20 bits per heavy atom. The first-order chi connectivity index (χ1) is 7.27. The van der Waals surface area contributed by atoms with E-state index in [1.807, 2.05) is 12.2 Å². The van der Waals surface area contributed by atoms with Crippen LogP contribution in [-0.4, -0.2) is 11.1 Å². The smallest absolute Gasteiger partial charge is 0.303 e. The molecule has 0 aliphatic carbocycles. The molecule has 0 bridgehead atoms. The van der Waals surface area contributed by atoms with E-state index >= 15 is 0 Å². The zero-order chi connectivity index (χ0) is 11.4. The molecule has 0 saturated carbocycles. The van der Waals surface area contributed by atoms with Crippen LogP contribution in [-0.2, 0) is 4.79 Å². The molecule has 0 amide bonds. The average molecular weight is 210 g/mol. The van der Waals surface area contributed by atoms with Crippen molar-refractivity contribution >= 4 is 5.97 Å². The summed E-state index contributed by atoms with van der Waals surface area (Å²) in [6.07, 6.45) is 15.1. The van der Waals surface area contributed by atoms with Crippen molar-refractivity contribution in [1.82, 2.24) is 0 Å². The lowest BCUT2D eigenvalue weighted by Crippen LogP contribution is -1.92. The molecule has 15 heavy (non-hydrogen) atoms. The minimum absolute atomic E-state index is 0.268. The predicted octanol–water partition coefficient (Wildman–Crippen LogP) is 3.93. The lowest BCUT2D eigenvalue weighted by molar-refractivity contribution is -0.137. The van der Waals surface area contributed by atoms with Gasteiger partial charge in [0.2, 0.25) is 0 Å². The maximum atomic E-state index is 10.2. The van der Waals surface area contributed by atoms with Crippen molar-refractivity contribution in [3.8, 4) is 0 Å². The molecule has 0 rings (SSSR count). The van der Waals surface area contributed by atoms with Gasteiger partial charge in [0.05, 0.1) is 0 Å². The van der Waals surface area contributed by atoms with Crippen LogP contribution < -0.4 is 0 Å². The van der Waals surface area contributed by atoms with Crippen LogP contribution >= 0.6 is 0 Å². The van der Waals surface area contributed by atoms with Crippen molar-refractivity contribution < 1.29 is 9.90 Å². The molecule has 2 nitrogen and oxygen atoms in total. The highest BCUT2D eigenvalue weighted by molar-refractivity contribution is 5.66. The standard InChI is InChI=1S/C13H22O2/c1-2-3-4-5-6-7-8-9-10-11-12-13(14)15/h6-9H,2-5,10-12H2,1H3,(H,14,15)/b7-6+,9-8+. The van der Waals surface area contributed by atoms with Crippen molar-refractivity contribution in [3.05, 3.63) is 24.3 Å². The third kappa shape index (κ3) is 12.9. The van der Waals surface area contributed by atoms with Crippen molar-refractivity contribution in [2.75, 3.05) is 0 Å². The summed E-state index contributed by atoms with van der Waals surface area (Å²) in [5.41, 5.74) is 0. The van der Waals surface area contributed by atoms with E-state index in [1.54, 1.807) is 0 Å². The summed E-state index contributed by atoms with van der Waals surface area (Å²) in [4.78, 5) is 10.2. The molecule has 0 aliphatic rings. The Morgan fingerprint density at radius 1 is 1.07 bits per heavy atom. The molecule has 1 N–H and O–H groups in total. The minimum atomic E-state index is -0.710. The molecular weight excluding hydrogens is 188 g/mol. The molecule has 0 heterocycles. The zero-order valence-corrected chi connectivity index (χ0v) is 9.61. The highest BCUT2D eigenvalue weighted by Crippen LogP contribution is 2.00. The van der Waals surface area contributed by atoms with Crippen LogP contribution in [0.15, 0.2) is 24.3 Å². The van der Waals surface area contributed by atoms with E-state index < -0.39 is 5.97 Å². The molecule has 0 saturated heterocycles. The van der Waals surface area contributed by atoms with Crippen molar-refractivity contribution in [2.45, 2.75) is 51.9 Å². The van der Waals surface area contributed by atoms with Gasteiger partial charge in [-0.3, -0.25) is 4.79 Å². The van der Waals surface area contributed by atoms with Gasteiger partial charge in [0.1, 0.15) is 0 Å². The van der Waals surface area contributed by atoms with Crippen molar-refractivity contribution in [3.63, 3.8) is 0 Å². The zero-order valence-electron chi connectivity index (χ0n) is 9.61. The van der Waals surface area contributed by atoms with Gasteiger partial charge in [0.15, 0.2) is 0 Å². The van der Waals surface area contributed by atoms with Gasteiger partial charge in [0, 0.05) is 6.42 Å². The fourth-order valence-corrected chi connectivity index (χ4v) is 1.23. The monoisotopic (exact) mass is 210 g/mol. The van der Waals surface area contributed by atoms with Gasteiger partial charge in [-0.2, -0.15) is 0 Å². The van der Waals surface area contributed by atoms with Gasteiger partial charge in [-0.25, -0.2) is 0 Å². The SMILES string of the molecule is CCCCC/C=C/C=C/CCCC(=O)O. The number of allylic oxidation sites excluding steroid dienone is 4. The summed E-state index contributed by atoms with van der Waals surface area (Å²) < 4.78 is 0. The third-order valence-corrected chi connectivity index (χ3v) is 2.12. The summed E-state index contributed by atoms with van der Waals surface area (Å²) in [6.45, 7) is 2.20. The largest absolute Gasteiger partial charge is 0.481 e. The van der Waals surface area contributed by atoms with Gasteiger partial charge < -0.3 is 5.11 Å². The quantitative estimate of drug-likeness (QED) is 0.462. The molecule has 86 valence electrons. The molecule has 2 heteroatoms. The molecular formula is C13H22O2. The molecule has 0 fully saturated rings. The highest BCUT2D eigenvalue weighted by Gasteiger charge is 1.92.